The van der Waals surface area contributed by atoms with Gasteiger partial charge in [0.2, 0.25) is 6.79 Å². The zero-order chi connectivity index (χ0) is 18.4. The van der Waals surface area contributed by atoms with Gasteiger partial charge in [0, 0.05) is 18.1 Å². The third-order valence-corrected chi connectivity index (χ3v) is 5.31. The maximum atomic E-state index is 12.1. The molecule has 1 fully saturated rings. The summed E-state index contributed by atoms with van der Waals surface area (Å²) in [6.45, 7) is 2.45. The van der Waals surface area contributed by atoms with Crippen LogP contribution in [-0.4, -0.2) is 35.4 Å². The van der Waals surface area contributed by atoms with Crippen molar-refractivity contribution in [3.8, 4) is 11.5 Å². The van der Waals surface area contributed by atoms with Crippen LogP contribution in [0.2, 0.25) is 0 Å². The molecule has 0 radical (unpaired) electrons. The number of hydrogen-bond donors (Lipinski definition) is 1. The summed E-state index contributed by atoms with van der Waals surface area (Å²) in [6, 6.07) is 2.98. The molecule has 1 saturated carbocycles. The zero-order valence-corrected chi connectivity index (χ0v) is 15.0. The van der Waals surface area contributed by atoms with Crippen molar-refractivity contribution in [3.05, 3.63) is 17.7 Å². The summed E-state index contributed by atoms with van der Waals surface area (Å²) in [4.78, 5) is 35.8. The summed E-state index contributed by atoms with van der Waals surface area (Å²) in [5.41, 5.74) is -0.502. The molecule has 25 heavy (non-hydrogen) atoms. The van der Waals surface area contributed by atoms with Gasteiger partial charge in [0.05, 0.1) is 5.69 Å². The van der Waals surface area contributed by atoms with Gasteiger partial charge < -0.3 is 19.5 Å². The van der Waals surface area contributed by atoms with E-state index in [1.807, 2.05) is 0 Å². The number of ketones is 1. The molecule has 0 spiro atoms. The van der Waals surface area contributed by atoms with Crippen molar-refractivity contribution in [1.82, 2.24) is 0 Å². The summed E-state index contributed by atoms with van der Waals surface area (Å²) in [5.74, 6) is -0.669. The van der Waals surface area contributed by atoms with Crippen LogP contribution in [-0.2, 0) is 14.3 Å². The highest BCUT2D eigenvalue weighted by Crippen LogP contribution is 2.64. The van der Waals surface area contributed by atoms with Gasteiger partial charge in [0.25, 0.3) is 5.91 Å². The topological polar surface area (TPSA) is 90.9 Å². The second kappa shape index (κ2) is 6.07. The van der Waals surface area contributed by atoms with E-state index in [0.29, 0.717) is 11.5 Å². The highest BCUT2D eigenvalue weighted by molar-refractivity contribution is 6.53. The SMILES string of the molecule is CC(=O)c1cc2c(cc1NC(=O)COC(=O)[C@]1(C)CC1(Cl)Cl)OCO2. The molecule has 0 unspecified atom stereocenters. The molecule has 1 aromatic carbocycles. The highest BCUT2D eigenvalue weighted by atomic mass is 35.5. The van der Waals surface area contributed by atoms with E-state index in [9.17, 15) is 14.4 Å². The van der Waals surface area contributed by atoms with E-state index in [0.717, 1.165) is 0 Å². The minimum Gasteiger partial charge on any atom is -0.455 e. The van der Waals surface area contributed by atoms with Gasteiger partial charge >= 0.3 is 5.97 Å². The molecule has 1 atom stereocenters. The third kappa shape index (κ3) is 3.26. The number of hydrogen-bond acceptors (Lipinski definition) is 6. The van der Waals surface area contributed by atoms with Crippen molar-refractivity contribution >= 4 is 46.5 Å². The smallest absolute Gasteiger partial charge is 0.315 e. The number of halogens is 2. The van der Waals surface area contributed by atoms with E-state index >= 15 is 0 Å². The normalized spacial score (nSPS) is 22.2. The lowest BCUT2D eigenvalue weighted by molar-refractivity contribution is -0.152. The molecule has 1 aromatic rings. The Labute approximate surface area is 153 Å². The van der Waals surface area contributed by atoms with Crippen LogP contribution in [0.5, 0.6) is 11.5 Å². The Hall–Kier alpha value is -1.99. The fourth-order valence-corrected chi connectivity index (χ4v) is 3.12. The Balaban J connectivity index is 1.65. The van der Waals surface area contributed by atoms with Gasteiger partial charge in [0.1, 0.15) is 9.75 Å². The first-order valence-electron chi connectivity index (χ1n) is 7.43. The van der Waals surface area contributed by atoms with Crippen LogP contribution in [0.25, 0.3) is 0 Å². The number of fused-ring (bicyclic) bond motifs is 1. The summed E-state index contributed by atoms with van der Waals surface area (Å²) in [6.07, 6.45) is 0.264. The predicted molar refractivity (Wildman–Crippen MR) is 89.3 cm³/mol. The number of nitrogens with one attached hydrogen (secondary N) is 1. The Morgan fingerprint density at radius 1 is 1.24 bits per heavy atom. The molecule has 0 aromatic heterocycles. The molecule has 3 rings (SSSR count). The van der Waals surface area contributed by atoms with Gasteiger partial charge in [-0.2, -0.15) is 0 Å². The van der Waals surface area contributed by atoms with E-state index in [2.05, 4.69) is 5.32 Å². The zero-order valence-electron chi connectivity index (χ0n) is 13.5. The van der Waals surface area contributed by atoms with E-state index in [1.165, 1.54) is 19.1 Å². The lowest BCUT2D eigenvalue weighted by Gasteiger charge is -2.13. The largest absolute Gasteiger partial charge is 0.455 e. The lowest BCUT2D eigenvalue weighted by Crippen LogP contribution is -2.27. The Bertz CT molecular complexity index is 778. The standard InChI is InChI=1S/C16H15Cl2NO6/c1-8(20)9-3-11-12(25-7-24-11)4-10(9)19-13(21)5-23-14(22)15(2)6-16(15,17)18/h3-4H,5-7H2,1-2H3,(H,19,21)/t15-/m0/s1. The van der Waals surface area contributed by atoms with Gasteiger partial charge in [-0.3, -0.25) is 14.4 Å². The second-order valence-corrected chi connectivity index (χ2v) is 7.63. The second-order valence-electron chi connectivity index (χ2n) is 6.14. The molecule has 1 N–H and O–H groups in total. The number of rotatable bonds is 5. The van der Waals surface area contributed by atoms with Crippen LogP contribution in [0.3, 0.4) is 0 Å². The van der Waals surface area contributed by atoms with Crippen LogP contribution in [0.15, 0.2) is 12.1 Å². The van der Waals surface area contributed by atoms with Crippen LogP contribution in [0.4, 0.5) is 5.69 Å². The number of alkyl halides is 2. The number of esters is 1. The molecule has 7 nitrogen and oxygen atoms in total. The first-order valence-corrected chi connectivity index (χ1v) is 8.19. The molecule has 9 heteroatoms. The average Bonchev–Trinajstić information content (AvgIpc) is 2.86. The van der Waals surface area contributed by atoms with Gasteiger partial charge in [-0.25, -0.2) is 0 Å². The number of carbonyl (C=O) groups is 3. The van der Waals surface area contributed by atoms with Crippen LogP contribution < -0.4 is 14.8 Å². The Morgan fingerprint density at radius 3 is 2.40 bits per heavy atom. The summed E-state index contributed by atoms with van der Waals surface area (Å²) in [5, 5.41) is 2.53. The first-order chi connectivity index (χ1) is 11.6. The summed E-state index contributed by atoms with van der Waals surface area (Å²) in [7, 11) is 0. The van der Waals surface area contributed by atoms with E-state index < -0.39 is 28.2 Å². The number of anilines is 1. The minimum absolute atomic E-state index is 0.0406. The molecular formula is C16H15Cl2NO6. The molecule has 1 aliphatic heterocycles. The summed E-state index contributed by atoms with van der Waals surface area (Å²) >= 11 is 11.8. The number of Topliss-reactive ketones (excluding diaryl/α,β-unsaturated/α-hetero) is 1. The molecule has 0 bridgehead atoms. The van der Waals surface area contributed by atoms with Gasteiger partial charge in [-0.05, 0) is 19.9 Å². The molecule has 1 aliphatic carbocycles. The van der Waals surface area contributed by atoms with Crippen molar-refractivity contribution in [2.45, 2.75) is 24.6 Å². The number of benzene rings is 1. The van der Waals surface area contributed by atoms with E-state index in [4.69, 9.17) is 37.4 Å². The Morgan fingerprint density at radius 2 is 1.84 bits per heavy atom. The quantitative estimate of drug-likeness (QED) is 0.474. The number of ether oxygens (including phenoxy) is 3. The van der Waals surface area contributed by atoms with Crippen molar-refractivity contribution in [2.75, 3.05) is 18.7 Å². The maximum Gasteiger partial charge on any atom is 0.315 e. The van der Waals surface area contributed by atoms with Crippen LogP contribution >= 0.6 is 23.2 Å². The molecule has 1 heterocycles. The van der Waals surface area contributed by atoms with E-state index in [-0.39, 0.29) is 30.2 Å². The van der Waals surface area contributed by atoms with Crippen molar-refractivity contribution in [2.24, 2.45) is 5.41 Å². The van der Waals surface area contributed by atoms with Gasteiger partial charge in [0.15, 0.2) is 23.9 Å². The predicted octanol–water partition coefficient (Wildman–Crippen LogP) is 2.68. The monoisotopic (exact) mass is 387 g/mol. The van der Waals surface area contributed by atoms with Gasteiger partial charge in [-0.1, -0.05) is 0 Å². The summed E-state index contributed by atoms with van der Waals surface area (Å²) < 4.78 is 14.2. The fraction of sp³-hybridized carbons (Fsp3) is 0.438. The molecule has 0 saturated heterocycles. The van der Waals surface area contributed by atoms with Crippen LogP contribution in [0.1, 0.15) is 30.6 Å². The molecule has 2 aliphatic rings. The maximum absolute atomic E-state index is 12.1. The lowest BCUT2D eigenvalue weighted by atomic mass is 10.1. The molecule has 134 valence electrons. The van der Waals surface area contributed by atoms with Crippen LogP contribution in [0, 0.1) is 5.41 Å². The third-order valence-electron chi connectivity index (χ3n) is 4.21. The highest BCUT2D eigenvalue weighted by Gasteiger charge is 2.69. The Kier molecular flexibility index (Phi) is 4.33. The number of amides is 1. The first kappa shape index (κ1) is 17.8. The van der Waals surface area contributed by atoms with E-state index in [1.54, 1.807) is 6.92 Å². The van der Waals surface area contributed by atoms with Crippen molar-refractivity contribution in [1.29, 1.82) is 0 Å². The van der Waals surface area contributed by atoms with Gasteiger partial charge in [-0.15, -0.1) is 23.2 Å². The number of carbonyl (C=O) groups excluding carboxylic acids is 3. The average molecular weight is 388 g/mol. The fourth-order valence-electron chi connectivity index (χ4n) is 2.43. The van der Waals surface area contributed by atoms with Crippen molar-refractivity contribution in [3.63, 3.8) is 0 Å². The molecule has 1 amide bonds. The minimum atomic E-state index is -1.17. The van der Waals surface area contributed by atoms with Crippen molar-refractivity contribution < 1.29 is 28.6 Å². The molecular weight excluding hydrogens is 373 g/mol.